The minimum absolute atomic E-state index is 0.0702. The molecule has 5 heteroatoms. The minimum Gasteiger partial charge on any atom is -0.357 e. The van der Waals surface area contributed by atoms with Gasteiger partial charge >= 0.3 is 0 Å². The molecule has 0 saturated carbocycles. The lowest BCUT2D eigenvalue weighted by Gasteiger charge is -2.32. The molecule has 1 aliphatic rings. The highest BCUT2D eigenvalue weighted by Crippen LogP contribution is 2.27. The maximum atomic E-state index is 11.3. The van der Waals surface area contributed by atoms with Crippen molar-refractivity contribution in [3.63, 3.8) is 0 Å². The van der Waals surface area contributed by atoms with Crippen LogP contribution in [0.4, 0.5) is 11.5 Å². The second-order valence-electron chi connectivity index (χ2n) is 6.65. The molecule has 0 bridgehead atoms. The average molecular weight is 338 g/mol. The lowest BCUT2D eigenvalue weighted by molar-refractivity contribution is -0.114. The number of carbonyl (C=O) groups is 1. The summed E-state index contributed by atoms with van der Waals surface area (Å²) in [4.78, 5) is 18.5. The molecule has 1 aliphatic heterocycles. The van der Waals surface area contributed by atoms with Crippen molar-refractivity contribution in [3.8, 4) is 11.3 Å². The third-order valence-corrected chi connectivity index (χ3v) is 4.73. The largest absolute Gasteiger partial charge is 0.357 e. The fraction of sp³-hybridized carbons (Fsp3) is 0.400. The summed E-state index contributed by atoms with van der Waals surface area (Å²) in [6.45, 7) is 4.36. The Hall–Kier alpha value is -2.40. The van der Waals surface area contributed by atoms with E-state index in [2.05, 4.69) is 22.3 Å². The highest BCUT2D eigenvalue weighted by molar-refractivity contribution is 5.89. The molecule has 0 aliphatic carbocycles. The van der Waals surface area contributed by atoms with Crippen LogP contribution in [0.15, 0.2) is 42.5 Å². The van der Waals surface area contributed by atoms with Crippen molar-refractivity contribution < 1.29 is 4.79 Å². The van der Waals surface area contributed by atoms with Crippen molar-refractivity contribution in [1.29, 1.82) is 0 Å². The third-order valence-electron chi connectivity index (χ3n) is 4.73. The number of anilines is 2. The number of rotatable bonds is 5. The molecule has 1 fully saturated rings. The summed E-state index contributed by atoms with van der Waals surface area (Å²) >= 11 is 0. The summed E-state index contributed by atoms with van der Waals surface area (Å²) < 4.78 is 0. The molecular weight excluding hydrogens is 312 g/mol. The molecule has 2 heterocycles. The van der Waals surface area contributed by atoms with Gasteiger partial charge in [0.1, 0.15) is 5.82 Å². The van der Waals surface area contributed by atoms with Crippen molar-refractivity contribution in [2.24, 2.45) is 11.7 Å². The first-order valence-electron chi connectivity index (χ1n) is 8.96. The van der Waals surface area contributed by atoms with Crippen LogP contribution in [0.3, 0.4) is 0 Å². The maximum Gasteiger partial charge on any atom is 0.221 e. The number of hydrogen-bond acceptors (Lipinski definition) is 4. The Balaban J connectivity index is 1.75. The van der Waals surface area contributed by atoms with E-state index in [1.807, 2.05) is 30.3 Å². The zero-order chi connectivity index (χ0) is 17.6. The minimum atomic E-state index is -0.0702. The quantitative estimate of drug-likeness (QED) is 0.878. The van der Waals surface area contributed by atoms with Gasteiger partial charge in [-0.1, -0.05) is 18.2 Å². The molecule has 1 amide bonds. The van der Waals surface area contributed by atoms with Crippen molar-refractivity contribution in [2.45, 2.75) is 26.2 Å². The van der Waals surface area contributed by atoms with E-state index in [0.29, 0.717) is 0 Å². The van der Waals surface area contributed by atoms with Crippen LogP contribution in [-0.2, 0) is 4.79 Å². The van der Waals surface area contributed by atoms with E-state index >= 15 is 0 Å². The van der Waals surface area contributed by atoms with Gasteiger partial charge in [-0.2, -0.15) is 0 Å². The van der Waals surface area contributed by atoms with Gasteiger partial charge in [0.15, 0.2) is 0 Å². The summed E-state index contributed by atoms with van der Waals surface area (Å²) in [6.07, 6.45) is 3.49. The maximum absolute atomic E-state index is 11.3. The monoisotopic (exact) mass is 338 g/mol. The van der Waals surface area contributed by atoms with Crippen LogP contribution >= 0.6 is 0 Å². The van der Waals surface area contributed by atoms with Crippen molar-refractivity contribution in [2.75, 3.05) is 29.9 Å². The van der Waals surface area contributed by atoms with Crippen molar-refractivity contribution >= 4 is 17.4 Å². The predicted molar refractivity (Wildman–Crippen MR) is 103 cm³/mol. The molecule has 25 heavy (non-hydrogen) atoms. The second-order valence-corrected chi connectivity index (χ2v) is 6.65. The number of nitrogens with zero attached hydrogens (tertiary/aromatic N) is 2. The fourth-order valence-corrected chi connectivity index (χ4v) is 3.41. The number of carbonyl (C=O) groups excluding carboxylic acids is 1. The van der Waals surface area contributed by atoms with Crippen LogP contribution in [0, 0.1) is 5.92 Å². The molecule has 0 spiro atoms. The number of benzene rings is 1. The van der Waals surface area contributed by atoms with E-state index in [4.69, 9.17) is 10.7 Å². The average Bonchev–Trinajstić information content (AvgIpc) is 2.62. The normalized spacial score (nSPS) is 15.2. The van der Waals surface area contributed by atoms with Crippen LogP contribution in [0.5, 0.6) is 0 Å². The Morgan fingerprint density at radius 1 is 1.24 bits per heavy atom. The number of piperidine rings is 1. The molecule has 3 N–H and O–H groups in total. The van der Waals surface area contributed by atoms with Gasteiger partial charge < -0.3 is 16.0 Å². The first kappa shape index (κ1) is 17.4. The number of nitrogens with two attached hydrogens (primary N) is 1. The summed E-state index contributed by atoms with van der Waals surface area (Å²) in [5, 5.41) is 2.82. The Labute approximate surface area is 149 Å². The summed E-state index contributed by atoms with van der Waals surface area (Å²) in [5.41, 5.74) is 8.40. The molecule has 132 valence electrons. The molecule has 0 atom stereocenters. The molecule has 1 aromatic carbocycles. The summed E-state index contributed by atoms with van der Waals surface area (Å²) in [7, 11) is 0. The van der Waals surface area contributed by atoms with Gasteiger partial charge in [0, 0.05) is 31.3 Å². The first-order chi connectivity index (χ1) is 12.2. The SMILES string of the molecule is CC(=O)Nc1cccc(-c2cccc(N3CCC(CCN)CC3)n2)c1. The van der Waals surface area contributed by atoms with Crippen LogP contribution < -0.4 is 16.0 Å². The van der Waals surface area contributed by atoms with E-state index in [-0.39, 0.29) is 5.91 Å². The Morgan fingerprint density at radius 3 is 2.72 bits per heavy atom. The van der Waals surface area contributed by atoms with Gasteiger partial charge in [-0.25, -0.2) is 4.98 Å². The molecule has 2 aromatic rings. The first-order valence-corrected chi connectivity index (χ1v) is 8.96. The number of amides is 1. The van der Waals surface area contributed by atoms with Gasteiger partial charge in [0.2, 0.25) is 5.91 Å². The highest BCUT2D eigenvalue weighted by Gasteiger charge is 2.19. The second kappa shape index (κ2) is 8.12. The summed E-state index contributed by atoms with van der Waals surface area (Å²) in [6, 6.07) is 13.9. The Bertz CT molecular complexity index is 723. The van der Waals surface area contributed by atoms with E-state index in [0.717, 1.165) is 54.7 Å². The van der Waals surface area contributed by atoms with E-state index in [1.165, 1.54) is 19.8 Å². The van der Waals surface area contributed by atoms with Gasteiger partial charge in [-0.15, -0.1) is 0 Å². The third kappa shape index (κ3) is 4.57. The number of hydrogen-bond donors (Lipinski definition) is 2. The van der Waals surface area contributed by atoms with Gasteiger partial charge in [-0.3, -0.25) is 4.79 Å². The molecule has 1 saturated heterocycles. The standard InChI is InChI=1S/C20H26N4O/c1-15(25)22-18-5-2-4-17(14-18)19-6-3-7-20(23-19)24-12-9-16(8-11-21)10-13-24/h2-7,14,16H,8-13,21H2,1H3,(H,22,25). The lowest BCUT2D eigenvalue weighted by atomic mass is 9.93. The van der Waals surface area contributed by atoms with Crippen LogP contribution in [0.25, 0.3) is 11.3 Å². The van der Waals surface area contributed by atoms with Crippen molar-refractivity contribution in [3.05, 3.63) is 42.5 Å². The van der Waals surface area contributed by atoms with E-state index in [1.54, 1.807) is 0 Å². The molecular formula is C20H26N4O. The Morgan fingerprint density at radius 2 is 2.00 bits per heavy atom. The van der Waals surface area contributed by atoms with Gasteiger partial charge in [-0.05, 0) is 56.0 Å². The highest BCUT2D eigenvalue weighted by atomic mass is 16.1. The molecule has 5 nitrogen and oxygen atoms in total. The summed E-state index contributed by atoms with van der Waals surface area (Å²) in [5.74, 6) is 1.70. The zero-order valence-electron chi connectivity index (χ0n) is 14.7. The van der Waals surface area contributed by atoms with Crippen LogP contribution in [-0.4, -0.2) is 30.5 Å². The molecule has 0 radical (unpaired) electrons. The smallest absolute Gasteiger partial charge is 0.221 e. The van der Waals surface area contributed by atoms with Gasteiger partial charge in [0.05, 0.1) is 5.69 Å². The zero-order valence-corrected chi connectivity index (χ0v) is 14.7. The van der Waals surface area contributed by atoms with Crippen molar-refractivity contribution in [1.82, 2.24) is 4.98 Å². The fourth-order valence-electron chi connectivity index (χ4n) is 3.41. The molecule has 3 rings (SSSR count). The van der Waals surface area contributed by atoms with Crippen LogP contribution in [0.2, 0.25) is 0 Å². The molecule has 1 aromatic heterocycles. The lowest BCUT2D eigenvalue weighted by Crippen LogP contribution is -2.34. The number of nitrogens with one attached hydrogen (secondary N) is 1. The van der Waals surface area contributed by atoms with E-state index < -0.39 is 0 Å². The van der Waals surface area contributed by atoms with Gasteiger partial charge in [0.25, 0.3) is 0 Å². The molecule has 0 unspecified atom stereocenters. The van der Waals surface area contributed by atoms with E-state index in [9.17, 15) is 4.79 Å². The Kier molecular flexibility index (Phi) is 5.66. The topological polar surface area (TPSA) is 71.2 Å². The predicted octanol–water partition coefficient (Wildman–Crippen LogP) is 3.27. The number of aromatic nitrogens is 1. The van der Waals surface area contributed by atoms with Crippen LogP contribution in [0.1, 0.15) is 26.2 Å². The number of pyridine rings is 1.